The van der Waals surface area contributed by atoms with E-state index in [2.05, 4.69) is 0 Å². The van der Waals surface area contributed by atoms with Crippen LogP contribution in [0.2, 0.25) is 5.02 Å². The van der Waals surface area contributed by atoms with Crippen molar-refractivity contribution >= 4 is 69.3 Å². The summed E-state index contributed by atoms with van der Waals surface area (Å²) in [4.78, 5) is 16.0. The number of halogens is 1. The van der Waals surface area contributed by atoms with E-state index in [1.807, 2.05) is 48.7 Å². The van der Waals surface area contributed by atoms with E-state index >= 15 is 0 Å². The Hall–Kier alpha value is -1.27. The lowest BCUT2D eigenvalue weighted by atomic mass is 10.2. The second-order valence-corrected chi connectivity index (χ2v) is 7.70. The average Bonchev–Trinajstić information content (AvgIpc) is 2.83. The molecule has 2 aromatic carbocycles. The van der Waals surface area contributed by atoms with Crippen molar-refractivity contribution < 1.29 is 4.79 Å². The molecule has 0 aromatic heterocycles. The lowest BCUT2D eigenvalue weighted by Crippen LogP contribution is -2.27. The first-order chi connectivity index (χ1) is 11.1. The zero-order valence-electron chi connectivity index (χ0n) is 12.2. The van der Waals surface area contributed by atoms with Crippen molar-refractivity contribution in [3.8, 4) is 0 Å². The van der Waals surface area contributed by atoms with Crippen molar-refractivity contribution in [1.82, 2.24) is 0 Å². The molecule has 3 rings (SSSR count). The third-order valence-electron chi connectivity index (χ3n) is 3.30. The van der Waals surface area contributed by atoms with Crippen LogP contribution in [0, 0.1) is 0 Å². The minimum Gasteiger partial charge on any atom is -0.268 e. The maximum absolute atomic E-state index is 12.7. The summed E-state index contributed by atoms with van der Waals surface area (Å²) in [5.41, 5.74) is 1.61. The molecule has 1 amide bonds. The molecule has 1 aliphatic rings. The molecule has 0 unspecified atom stereocenters. The van der Waals surface area contributed by atoms with Crippen LogP contribution < -0.4 is 4.90 Å². The van der Waals surface area contributed by atoms with Crippen molar-refractivity contribution in [3.05, 3.63) is 64.0 Å². The van der Waals surface area contributed by atoms with Gasteiger partial charge in [-0.3, -0.25) is 9.69 Å². The summed E-state index contributed by atoms with van der Waals surface area (Å²) in [7, 11) is 0. The number of nitrogens with zero attached hydrogens (tertiary/aromatic N) is 1. The lowest BCUT2D eigenvalue weighted by Gasteiger charge is -2.15. The van der Waals surface area contributed by atoms with Crippen LogP contribution in [0.25, 0.3) is 6.08 Å². The molecule has 0 atom stereocenters. The van der Waals surface area contributed by atoms with Gasteiger partial charge in [-0.1, -0.05) is 59.8 Å². The minimum atomic E-state index is -0.113. The van der Waals surface area contributed by atoms with Crippen LogP contribution in [0.4, 0.5) is 5.69 Å². The predicted molar refractivity (Wildman–Crippen MR) is 105 cm³/mol. The molecule has 23 heavy (non-hydrogen) atoms. The van der Waals surface area contributed by atoms with Crippen molar-refractivity contribution in [1.29, 1.82) is 0 Å². The van der Waals surface area contributed by atoms with E-state index in [1.165, 1.54) is 11.8 Å². The lowest BCUT2D eigenvalue weighted by molar-refractivity contribution is -0.113. The number of hydrogen-bond acceptors (Lipinski definition) is 4. The van der Waals surface area contributed by atoms with Crippen molar-refractivity contribution in [3.63, 3.8) is 0 Å². The topological polar surface area (TPSA) is 20.3 Å². The maximum Gasteiger partial charge on any atom is 0.270 e. The number of benzene rings is 2. The molecule has 2 aromatic rings. The molecule has 1 heterocycles. The Morgan fingerprint density at radius 1 is 1.22 bits per heavy atom. The highest BCUT2D eigenvalue weighted by molar-refractivity contribution is 8.27. The summed E-state index contributed by atoms with van der Waals surface area (Å²) in [6.07, 6.45) is 3.79. The van der Waals surface area contributed by atoms with Crippen LogP contribution in [-0.4, -0.2) is 16.5 Å². The summed E-state index contributed by atoms with van der Waals surface area (Å²) in [5, 5.41) is 0.613. The number of hydrogen-bond donors (Lipinski definition) is 0. The molecule has 1 saturated heterocycles. The van der Waals surface area contributed by atoms with E-state index in [9.17, 15) is 4.79 Å². The van der Waals surface area contributed by atoms with Gasteiger partial charge < -0.3 is 0 Å². The van der Waals surface area contributed by atoms with Crippen LogP contribution in [0.3, 0.4) is 0 Å². The van der Waals surface area contributed by atoms with Gasteiger partial charge in [-0.2, -0.15) is 0 Å². The molecule has 0 N–H and O–H groups in total. The van der Waals surface area contributed by atoms with Crippen molar-refractivity contribution in [2.45, 2.75) is 4.90 Å². The van der Waals surface area contributed by atoms with Crippen LogP contribution in [-0.2, 0) is 4.79 Å². The number of rotatable bonds is 3. The second-order valence-electron chi connectivity index (χ2n) is 4.74. The van der Waals surface area contributed by atoms with Crippen LogP contribution in [0.5, 0.6) is 0 Å². The molecule has 1 fully saturated rings. The fourth-order valence-electron chi connectivity index (χ4n) is 2.17. The Morgan fingerprint density at radius 3 is 2.74 bits per heavy atom. The summed E-state index contributed by atoms with van der Waals surface area (Å²) >= 11 is 14.5. The van der Waals surface area contributed by atoms with Crippen molar-refractivity contribution in [2.75, 3.05) is 11.2 Å². The molecule has 2 nitrogen and oxygen atoms in total. The van der Waals surface area contributed by atoms with Gasteiger partial charge in [0.05, 0.1) is 10.6 Å². The summed E-state index contributed by atoms with van der Waals surface area (Å²) in [6.45, 7) is 0. The first-order valence-electron chi connectivity index (χ1n) is 6.76. The summed E-state index contributed by atoms with van der Waals surface area (Å²) < 4.78 is 0.534. The highest BCUT2D eigenvalue weighted by atomic mass is 35.5. The van der Waals surface area contributed by atoms with E-state index in [0.717, 1.165) is 16.1 Å². The fourth-order valence-corrected chi connectivity index (χ4v) is 4.11. The SMILES string of the molecule is CSc1cccc(N2C(=O)/C(=C\c3ccccc3Cl)SC2=S)c1. The Labute approximate surface area is 153 Å². The van der Waals surface area contributed by atoms with Crippen LogP contribution in [0.15, 0.2) is 58.3 Å². The van der Waals surface area contributed by atoms with E-state index in [-0.39, 0.29) is 5.91 Å². The normalized spacial score (nSPS) is 16.4. The summed E-state index contributed by atoms with van der Waals surface area (Å²) in [5.74, 6) is -0.113. The Morgan fingerprint density at radius 2 is 2.00 bits per heavy atom. The van der Waals surface area contributed by atoms with Gasteiger partial charge in [0.15, 0.2) is 4.32 Å². The van der Waals surface area contributed by atoms with Gasteiger partial charge in [0, 0.05) is 9.92 Å². The van der Waals surface area contributed by atoms with Crippen LogP contribution >= 0.6 is 47.3 Å². The fraction of sp³-hybridized carbons (Fsp3) is 0.0588. The highest BCUT2D eigenvalue weighted by Gasteiger charge is 2.33. The van der Waals surface area contributed by atoms with E-state index < -0.39 is 0 Å². The zero-order chi connectivity index (χ0) is 16.4. The molecular weight excluding hydrogens is 366 g/mol. The van der Waals surface area contributed by atoms with Crippen molar-refractivity contribution in [2.24, 2.45) is 0 Å². The highest BCUT2D eigenvalue weighted by Crippen LogP contribution is 2.37. The monoisotopic (exact) mass is 377 g/mol. The quantitative estimate of drug-likeness (QED) is 0.401. The number of carbonyl (C=O) groups excluding carboxylic acids is 1. The van der Waals surface area contributed by atoms with Gasteiger partial charge in [-0.05, 0) is 42.2 Å². The first-order valence-corrected chi connectivity index (χ1v) is 9.59. The van der Waals surface area contributed by atoms with Gasteiger partial charge in [0.1, 0.15) is 0 Å². The number of anilines is 1. The number of thioether (sulfide) groups is 2. The largest absolute Gasteiger partial charge is 0.270 e. The third kappa shape index (κ3) is 3.48. The number of carbonyl (C=O) groups is 1. The van der Waals surface area contributed by atoms with E-state index in [0.29, 0.717) is 14.2 Å². The summed E-state index contributed by atoms with van der Waals surface area (Å²) in [6, 6.07) is 15.2. The predicted octanol–water partition coefficient (Wildman–Crippen LogP) is 5.47. The molecule has 6 heteroatoms. The molecule has 0 bridgehead atoms. The van der Waals surface area contributed by atoms with Gasteiger partial charge in [0.2, 0.25) is 0 Å². The smallest absolute Gasteiger partial charge is 0.268 e. The maximum atomic E-state index is 12.7. The Balaban J connectivity index is 1.95. The van der Waals surface area contributed by atoms with Gasteiger partial charge in [0.25, 0.3) is 5.91 Å². The zero-order valence-corrected chi connectivity index (χ0v) is 15.4. The van der Waals surface area contributed by atoms with Gasteiger partial charge >= 0.3 is 0 Å². The van der Waals surface area contributed by atoms with E-state index in [1.54, 1.807) is 28.8 Å². The molecular formula is C17H12ClNOS3. The second kappa shape index (κ2) is 7.09. The minimum absolute atomic E-state index is 0.113. The molecule has 0 radical (unpaired) electrons. The Kier molecular flexibility index (Phi) is 5.11. The van der Waals surface area contributed by atoms with Crippen LogP contribution in [0.1, 0.15) is 5.56 Å². The molecule has 116 valence electrons. The molecule has 0 saturated carbocycles. The molecule has 0 aliphatic carbocycles. The average molecular weight is 378 g/mol. The standard InChI is InChI=1S/C17H12ClNOS3/c1-22-13-7-4-6-12(10-13)19-16(20)15(23-17(19)21)9-11-5-2-3-8-14(11)18/h2-10H,1H3/b15-9+. The number of amides is 1. The molecule has 0 spiro atoms. The van der Waals surface area contributed by atoms with E-state index in [4.69, 9.17) is 23.8 Å². The van der Waals surface area contributed by atoms with Gasteiger partial charge in [-0.25, -0.2) is 0 Å². The third-order valence-corrected chi connectivity index (χ3v) is 5.67. The van der Waals surface area contributed by atoms with Gasteiger partial charge in [-0.15, -0.1) is 11.8 Å². The Bertz CT molecular complexity index is 819. The number of thiocarbonyl (C=S) groups is 1. The molecule has 1 aliphatic heterocycles. The first kappa shape index (κ1) is 16.6.